The number of alkyl halides is 3. The molecule has 0 radical (unpaired) electrons. The number of benzene rings is 9. The minimum Gasteiger partial charge on any atom is -0.309 e. The summed E-state index contributed by atoms with van der Waals surface area (Å²) in [6.07, 6.45) is -4.78. The van der Waals surface area contributed by atoms with E-state index < -0.39 is 11.7 Å². The fourth-order valence-electron chi connectivity index (χ4n) is 9.87. The first-order valence-electron chi connectivity index (χ1n) is 22.6. The Kier molecular flexibility index (Phi) is 9.94. The Bertz CT molecular complexity index is 4030. The Morgan fingerprint density at radius 1 is 0.371 bits per heavy atom. The van der Waals surface area contributed by atoms with Gasteiger partial charge in [0.2, 0.25) is 0 Å². The van der Waals surface area contributed by atoms with Gasteiger partial charge in [0.25, 0.3) is 0 Å². The van der Waals surface area contributed by atoms with E-state index in [1.807, 2.05) is 108 Å². The van der Waals surface area contributed by atoms with Crippen LogP contribution in [0.4, 0.5) is 13.2 Å². The Hall–Kier alpha value is -9.57. The zero-order valence-electron chi connectivity index (χ0n) is 37.0. The lowest BCUT2D eigenvalue weighted by Gasteiger charge is -2.19. The number of hydrogen-bond acceptors (Lipinski definition) is 4. The van der Waals surface area contributed by atoms with Crippen LogP contribution in [0, 0.1) is 22.7 Å². The van der Waals surface area contributed by atoms with Crippen LogP contribution in [0.25, 0.3) is 111 Å². The smallest absolute Gasteiger partial charge is 0.309 e. The van der Waals surface area contributed by atoms with Gasteiger partial charge in [-0.3, -0.25) is 0 Å². The third-order valence-corrected chi connectivity index (χ3v) is 13.0. The van der Waals surface area contributed by atoms with Crippen LogP contribution >= 0.6 is 0 Å². The third-order valence-electron chi connectivity index (χ3n) is 13.0. The van der Waals surface area contributed by atoms with Crippen LogP contribution < -0.4 is 0 Å². The van der Waals surface area contributed by atoms with E-state index in [9.17, 15) is 23.7 Å². The number of halogens is 3. The summed E-state index contributed by atoms with van der Waals surface area (Å²) in [6.45, 7) is 0. The van der Waals surface area contributed by atoms with Crippen LogP contribution in [-0.4, -0.2) is 19.1 Å². The summed E-state index contributed by atoms with van der Waals surface area (Å²) in [5.41, 5.74) is 10.3. The average Bonchev–Trinajstić information content (AvgIpc) is 3.93. The van der Waals surface area contributed by atoms with E-state index in [-0.39, 0.29) is 22.3 Å². The first-order chi connectivity index (χ1) is 34.2. The number of rotatable bonds is 7. The molecule has 330 valence electrons. The first kappa shape index (κ1) is 41.8. The van der Waals surface area contributed by atoms with Crippen molar-refractivity contribution in [1.29, 1.82) is 10.5 Å². The molecule has 0 N–H and O–H groups in total. The fraction of sp³-hybridized carbons (Fsp3) is 0.0164. The zero-order chi connectivity index (χ0) is 47.5. The van der Waals surface area contributed by atoms with Crippen molar-refractivity contribution < 1.29 is 13.2 Å². The molecular weight excluding hydrogens is 874 g/mol. The van der Waals surface area contributed by atoms with E-state index >= 15 is 0 Å². The van der Waals surface area contributed by atoms with Crippen LogP contribution in [0.1, 0.15) is 16.7 Å². The molecule has 6 nitrogen and oxygen atoms in total. The molecule has 9 heteroatoms. The van der Waals surface area contributed by atoms with E-state index in [0.717, 1.165) is 94.6 Å². The summed E-state index contributed by atoms with van der Waals surface area (Å²) in [4.78, 5) is 10.3. The van der Waals surface area contributed by atoms with Gasteiger partial charge in [-0.05, 0) is 90.0 Å². The second kappa shape index (κ2) is 16.6. The molecule has 0 aliphatic rings. The highest BCUT2D eigenvalue weighted by atomic mass is 19.4. The Labute approximate surface area is 399 Å². The molecule has 12 rings (SSSR count). The highest BCUT2D eigenvalue weighted by molar-refractivity contribution is 6.12. The van der Waals surface area contributed by atoms with Crippen molar-refractivity contribution in [3.8, 4) is 79.7 Å². The van der Waals surface area contributed by atoms with Crippen LogP contribution in [0.3, 0.4) is 0 Å². The summed E-state index contributed by atoms with van der Waals surface area (Å²) in [7, 11) is 0. The number of nitriles is 2. The molecule has 3 heterocycles. The van der Waals surface area contributed by atoms with Gasteiger partial charge in [-0.15, -0.1) is 0 Å². The topological polar surface area (TPSA) is 83.2 Å². The van der Waals surface area contributed by atoms with Gasteiger partial charge in [0.15, 0.2) is 5.82 Å². The van der Waals surface area contributed by atoms with Gasteiger partial charge in [0.1, 0.15) is 0 Å². The molecule has 0 saturated heterocycles. The Morgan fingerprint density at radius 2 is 0.857 bits per heavy atom. The molecule has 9 aromatic carbocycles. The number of aromatic nitrogens is 4. The summed E-state index contributed by atoms with van der Waals surface area (Å²) >= 11 is 0. The van der Waals surface area contributed by atoms with Gasteiger partial charge < -0.3 is 9.13 Å². The monoisotopic (exact) mass is 908 g/mol. The minimum atomic E-state index is -4.78. The minimum absolute atomic E-state index is 0.115. The van der Waals surface area contributed by atoms with Crippen molar-refractivity contribution in [2.24, 2.45) is 0 Å². The molecule has 0 saturated carbocycles. The summed E-state index contributed by atoms with van der Waals surface area (Å²) < 4.78 is 48.9. The van der Waals surface area contributed by atoms with Crippen molar-refractivity contribution in [3.63, 3.8) is 0 Å². The summed E-state index contributed by atoms with van der Waals surface area (Å²) in [5, 5.41) is 23.6. The number of hydrogen-bond donors (Lipinski definition) is 0. The van der Waals surface area contributed by atoms with Gasteiger partial charge in [-0.25, -0.2) is 9.97 Å². The molecule has 0 atom stereocenters. The molecule has 0 bridgehead atoms. The molecule has 0 amide bonds. The van der Waals surface area contributed by atoms with Crippen LogP contribution in [0.2, 0.25) is 0 Å². The Balaban J connectivity index is 1.12. The fourth-order valence-corrected chi connectivity index (χ4v) is 9.87. The molecule has 0 unspecified atom stereocenters. The molecule has 3 aromatic heterocycles. The van der Waals surface area contributed by atoms with Gasteiger partial charge in [0.05, 0.1) is 73.7 Å². The normalized spacial score (nSPS) is 11.6. The molecule has 70 heavy (non-hydrogen) atoms. The van der Waals surface area contributed by atoms with E-state index in [2.05, 4.69) is 89.5 Å². The molecule has 0 aliphatic heterocycles. The summed E-state index contributed by atoms with van der Waals surface area (Å²) in [6, 6.07) is 71.7. The maximum atomic E-state index is 14.9. The molecule has 12 aromatic rings. The number of nitrogens with zero attached hydrogens (tertiary/aromatic N) is 6. The second-order valence-corrected chi connectivity index (χ2v) is 17.1. The Morgan fingerprint density at radius 3 is 1.47 bits per heavy atom. The SMILES string of the molecule is N#Cc1ccc(-n2c3ccccc3c3cc(-c4cc(-c5cc(-c6ccccc6)nc(-c6ccccc6)n5)ccc4-n4c5ccccc5c5ccccc54)ccc32)c(-c2ccc(C#N)cc2C(F)(F)F)c1. The maximum Gasteiger partial charge on any atom is 0.417 e. The highest BCUT2D eigenvalue weighted by Crippen LogP contribution is 2.45. The molecular formula is C61H35F3N6. The number of para-hydroxylation sites is 3. The van der Waals surface area contributed by atoms with Crippen LogP contribution in [0.15, 0.2) is 212 Å². The van der Waals surface area contributed by atoms with Gasteiger partial charge in [-0.2, -0.15) is 23.7 Å². The lowest BCUT2D eigenvalue weighted by Crippen LogP contribution is -2.09. The van der Waals surface area contributed by atoms with Crippen molar-refractivity contribution in [1.82, 2.24) is 19.1 Å². The third kappa shape index (κ3) is 7.04. The van der Waals surface area contributed by atoms with E-state index in [0.29, 0.717) is 11.5 Å². The molecule has 0 fully saturated rings. The lowest BCUT2D eigenvalue weighted by atomic mass is 9.94. The average molecular weight is 909 g/mol. The predicted molar refractivity (Wildman–Crippen MR) is 272 cm³/mol. The van der Waals surface area contributed by atoms with Crippen LogP contribution in [0.5, 0.6) is 0 Å². The van der Waals surface area contributed by atoms with Crippen LogP contribution in [-0.2, 0) is 6.18 Å². The number of fused-ring (bicyclic) bond motifs is 6. The largest absolute Gasteiger partial charge is 0.417 e. The van der Waals surface area contributed by atoms with Crippen molar-refractivity contribution >= 4 is 43.6 Å². The lowest BCUT2D eigenvalue weighted by molar-refractivity contribution is -0.137. The van der Waals surface area contributed by atoms with E-state index in [1.165, 1.54) is 18.2 Å². The van der Waals surface area contributed by atoms with E-state index in [1.54, 1.807) is 12.1 Å². The molecule has 0 aliphatic carbocycles. The summed E-state index contributed by atoms with van der Waals surface area (Å²) in [5.74, 6) is 0.602. The predicted octanol–water partition coefficient (Wildman–Crippen LogP) is 15.8. The van der Waals surface area contributed by atoms with Gasteiger partial charge in [-0.1, -0.05) is 133 Å². The quantitative estimate of drug-likeness (QED) is 0.159. The van der Waals surface area contributed by atoms with Crippen molar-refractivity contribution in [2.75, 3.05) is 0 Å². The van der Waals surface area contributed by atoms with Gasteiger partial charge in [0, 0.05) is 49.4 Å². The highest BCUT2D eigenvalue weighted by Gasteiger charge is 2.35. The van der Waals surface area contributed by atoms with Crippen molar-refractivity contribution in [2.45, 2.75) is 6.18 Å². The zero-order valence-corrected chi connectivity index (χ0v) is 37.0. The van der Waals surface area contributed by atoms with Gasteiger partial charge >= 0.3 is 6.18 Å². The molecule has 0 spiro atoms. The standard InChI is InChI=1S/C61H35F3N6/c62-61(63,64)51-32-39(37-66)23-27-44(51)49-31-38(36-65)24-28-58(49)70-56-22-12-9-19-47(56)50-33-42(25-29-59(50)70)48-34-43(26-30-57(48)69-54-20-10-7-17-45(54)46-18-8-11-21-55(46)69)53-35-52(40-13-3-1-4-14-40)67-60(68-53)41-15-5-2-6-16-41/h1-35H. The van der Waals surface area contributed by atoms with E-state index in [4.69, 9.17) is 9.97 Å². The maximum absolute atomic E-state index is 14.9. The second-order valence-electron chi connectivity index (χ2n) is 17.1. The van der Waals surface area contributed by atoms with Crippen molar-refractivity contribution in [3.05, 3.63) is 229 Å². The first-order valence-corrected chi connectivity index (χ1v) is 22.6.